The van der Waals surface area contributed by atoms with Gasteiger partial charge in [0, 0.05) is 6.04 Å². The molecule has 21 heavy (non-hydrogen) atoms. The van der Waals surface area contributed by atoms with Gasteiger partial charge < -0.3 is 20.8 Å². The summed E-state index contributed by atoms with van der Waals surface area (Å²) in [5.74, 6) is -1.20. The molecule has 6 nitrogen and oxygen atoms in total. The molecule has 1 unspecified atom stereocenters. The first-order valence-electron chi connectivity index (χ1n) is 7.12. The maximum Gasteiger partial charge on any atom is 0.339 e. The maximum atomic E-state index is 11.9. The van der Waals surface area contributed by atoms with E-state index in [1.807, 2.05) is 6.92 Å². The predicted molar refractivity (Wildman–Crippen MR) is 78.6 cm³/mol. The minimum atomic E-state index is -1.24. The summed E-state index contributed by atoms with van der Waals surface area (Å²) in [6.45, 7) is 1.96. The van der Waals surface area contributed by atoms with Gasteiger partial charge in [-0.1, -0.05) is 18.9 Å². The summed E-state index contributed by atoms with van der Waals surface area (Å²) >= 11 is 0. The van der Waals surface area contributed by atoms with E-state index in [-0.39, 0.29) is 17.3 Å². The van der Waals surface area contributed by atoms with Crippen molar-refractivity contribution in [2.24, 2.45) is 5.92 Å². The second-order valence-corrected chi connectivity index (χ2v) is 5.44. The lowest BCUT2D eigenvalue weighted by molar-refractivity contribution is 0.0693. The lowest BCUT2D eigenvalue weighted by atomic mass is 10.0. The van der Waals surface area contributed by atoms with Crippen LogP contribution in [-0.4, -0.2) is 28.3 Å². The lowest BCUT2D eigenvalue weighted by Gasteiger charge is -2.20. The van der Waals surface area contributed by atoms with E-state index in [1.54, 1.807) is 0 Å². The van der Waals surface area contributed by atoms with E-state index >= 15 is 0 Å². The number of rotatable bonds is 4. The van der Waals surface area contributed by atoms with Crippen LogP contribution in [0.15, 0.2) is 18.2 Å². The van der Waals surface area contributed by atoms with Gasteiger partial charge in [0.25, 0.3) is 0 Å². The summed E-state index contributed by atoms with van der Waals surface area (Å²) in [4.78, 5) is 22.9. The molecule has 2 amide bonds. The van der Waals surface area contributed by atoms with Gasteiger partial charge in [-0.3, -0.25) is 0 Å². The van der Waals surface area contributed by atoms with Crippen molar-refractivity contribution in [1.29, 1.82) is 0 Å². The number of hydrogen-bond donors (Lipinski definition) is 4. The van der Waals surface area contributed by atoms with Crippen LogP contribution in [0.25, 0.3) is 0 Å². The molecule has 0 spiro atoms. The summed E-state index contributed by atoms with van der Waals surface area (Å²) in [5, 5.41) is 24.1. The number of nitrogens with one attached hydrogen (secondary N) is 2. The lowest BCUT2D eigenvalue weighted by Crippen LogP contribution is -2.39. The SMILES string of the molecule is CC(NC(=O)Nc1cccc(C(=O)O)c1O)C1CCCC1. The van der Waals surface area contributed by atoms with Gasteiger partial charge >= 0.3 is 12.0 Å². The quantitative estimate of drug-likeness (QED) is 0.641. The van der Waals surface area contributed by atoms with Crippen molar-refractivity contribution in [3.8, 4) is 5.75 Å². The molecule has 1 aliphatic rings. The van der Waals surface area contributed by atoms with E-state index in [1.165, 1.54) is 31.0 Å². The van der Waals surface area contributed by atoms with E-state index in [4.69, 9.17) is 5.11 Å². The third-order valence-electron chi connectivity index (χ3n) is 3.98. The van der Waals surface area contributed by atoms with E-state index in [0.717, 1.165) is 12.8 Å². The fourth-order valence-electron chi connectivity index (χ4n) is 2.76. The molecule has 0 saturated heterocycles. The Bertz CT molecular complexity index is 538. The number of aromatic hydroxyl groups is 1. The number of hydrogen-bond acceptors (Lipinski definition) is 3. The molecule has 0 radical (unpaired) electrons. The Hall–Kier alpha value is -2.24. The third-order valence-corrected chi connectivity index (χ3v) is 3.98. The van der Waals surface area contributed by atoms with Crippen LogP contribution in [-0.2, 0) is 0 Å². The number of amides is 2. The van der Waals surface area contributed by atoms with Crippen LogP contribution in [0.3, 0.4) is 0 Å². The van der Waals surface area contributed by atoms with E-state index in [9.17, 15) is 14.7 Å². The van der Waals surface area contributed by atoms with E-state index in [2.05, 4.69) is 10.6 Å². The number of anilines is 1. The van der Waals surface area contributed by atoms with Crippen molar-refractivity contribution in [2.75, 3.05) is 5.32 Å². The minimum Gasteiger partial charge on any atom is -0.505 e. The van der Waals surface area contributed by atoms with Gasteiger partial charge in [0.1, 0.15) is 5.56 Å². The first-order chi connectivity index (χ1) is 9.99. The number of benzene rings is 1. The molecule has 1 aromatic carbocycles. The van der Waals surface area contributed by atoms with Crippen LogP contribution in [0.5, 0.6) is 5.75 Å². The molecule has 1 fully saturated rings. The molecule has 0 bridgehead atoms. The highest BCUT2D eigenvalue weighted by Gasteiger charge is 2.23. The summed E-state index contributed by atoms with van der Waals surface area (Å²) in [6.07, 6.45) is 4.61. The van der Waals surface area contributed by atoms with Crippen LogP contribution in [0, 0.1) is 5.92 Å². The van der Waals surface area contributed by atoms with E-state index < -0.39 is 17.7 Å². The smallest absolute Gasteiger partial charge is 0.339 e. The van der Waals surface area contributed by atoms with Crippen LogP contribution >= 0.6 is 0 Å². The molecule has 0 aliphatic heterocycles. The minimum absolute atomic E-state index is 0.0531. The molecule has 6 heteroatoms. The van der Waals surface area contributed by atoms with Crippen LogP contribution in [0.2, 0.25) is 0 Å². The number of carboxylic acids is 1. The van der Waals surface area contributed by atoms with Crippen molar-refractivity contribution >= 4 is 17.7 Å². The summed E-state index contributed by atoms with van der Waals surface area (Å²) in [7, 11) is 0. The molecule has 1 aliphatic carbocycles. The standard InChI is InChI=1S/C15H20N2O4/c1-9(10-5-2-3-6-10)16-15(21)17-12-8-4-7-11(13(12)18)14(19)20/h4,7-10,18H,2-3,5-6H2,1H3,(H,19,20)(H2,16,17,21). The second kappa shape index (κ2) is 6.47. The Morgan fingerprint density at radius 1 is 1.29 bits per heavy atom. The number of para-hydroxylation sites is 1. The van der Waals surface area contributed by atoms with Gasteiger partial charge in [-0.15, -0.1) is 0 Å². The maximum absolute atomic E-state index is 11.9. The Morgan fingerprint density at radius 2 is 1.95 bits per heavy atom. The summed E-state index contributed by atoms with van der Waals surface area (Å²) < 4.78 is 0. The van der Waals surface area contributed by atoms with Crippen LogP contribution < -0.4 is 10.6 Å². The number of urea groups is 1. The average Bonchev–Trinajstić information content (AvgIpc) is 2.94. The Morgan fingerprint density at radius 3 is 2.57 bits per heavy atom. The van der Waals surface area contributed by atoms with Gasteiger partial charge in [-0.25, -0.2) is 9.59 Å². The molecule has 0 heterocycles. The zero-order chi connectivity index (χ0) is 15.4. The van der Waals surface area contributed by atoms with Gasteiger partial charge in [0.05, 0.1) is 5.69 Å². The van der Waals surface area contributed by atoms with Crippen molar-refractivity contribution in [2.45, 2.75) is 38.6 Å². The Labute approximate surface area is 123 Å². The second-order valence-electron chi connectivity index (χ2n) is 5.44. The Kier molecular flexibility index (Phi) is 4.67. The summed E-state index contributed by atoms with van der Waals surface area (Å²) in [5.41, 5.74) is -0.150. The third kappa shape index (κ3) is 3.65. The van der Waals surface area contributed by atoms with Crippen molar-refractivity contribution in [3.05, 3.63) is 23.8 Å². The molecule has 2 rings (SSSR count). The highest BCUT2D eigenvalue weighted by molar-refractivity contribution is 5.97. The molecule has 1 aromatic rings. The fraction of sp³-hybridized carbons (Fsp3) is 0.467. The molecular formula is C15H20N2O4. The number of carboxylic acid groups (broad SMARTS) is 1. The topological polar surface area (TPSA) is 98.7 Å². The molecule has 1 saturated carbocycles. The van der Waals surface area contributed by atoms with Crippen molar-refractivity contribution < 1.29 is 19.8 Å². The fourth-order valence-corrected chi connectivity index (χ4v) is 2.76. The highest BCUT2D eigenvalue weighted by Crippen LogP contribution is 2.29. The van der Waals surface area contributed by atoms with Crippen molar-refractivity contribution in [3.63, 3.8) is 0 Å². The largest absolute Gasteiger partial charge is 0.505 e. The first-order valence-corrected chi connectivity index (χ1v) is 7.12. The number of carbonyl (C=O) groups excluding carboxylic acids is 1. The molecule has 0 aromatic heterocycles. The van der Waals surface area contributed by atoms with Crippen molar-refractivity contribution in [1.82, 2.24) is 5.32 Å². The number of phenols is 1. The predicted octanol–water partition coefficient (Wildman–Crippen LogP) is 2.79. The van der Waals surface area contributed by atoms with E-state index in [0.29, 0.717) is 5.92 Å². The van der Waals surface area contributed by atoms with Crippen LogP contribution in [0.4, 0.5) is 10.5 Å². The summed E-state index contributed by atoms with van der Waals surface area (Å²) in [6, 6.07) is 3.83. The van der Waals surface area contributed by atoms with Gasteiger partial charge in [-0.05, 0) is 37.8 Å². The average molecular weight is 292 g/mol. The number of carbonyl (C=O) groups is 2. The van der Waals surface area contributed by atoms with Gasteiger partial charge in [0.15, 0.2) is 5.75 Å². The molecular weight excluding hydrogens is 272 g/mol. The van der Waals surface area contributed by atoms with Gasteiger partial charge in [-0.2, -0.15) is 0 Å². The number of aromatic carboxylic acids is 1. The molecule has 4 N–H and O–H groups in total. The van der Waals surface area contributed by atoms with Crippen LogP contribution in [0.1, 0.15) is 43.0 Å². The molecule has 114 valence electrons. The molecule has 1 atom stereocenters. The monoisotopic (exact) mass is 292 g/mol. The van der Waals surface area contributed by atoms with Gasteiger partial charge in [0.2, 0.25) is 0 Å². The zero-order valence-corrected chi connectivity index (χ0v) is 11.9. The highest BCUT2D eigenvalue weighted by atomic mass is 16.4. The Balaban J connectivity index is 1.99. The first kappa shape index (κ1) is 15.2. The zero-order valence-electron chi connectivity index (χ0n) is 11.9. The normalized spacial score (nSPS) is 16.4.